The molecule has 0 aliphatic carbocycles. The minimum atomic E-state index is -0.371. The average molecular weight is 443 g/mol. The van der Waals surface area contributed by atoms with E-state index in [-0.39, 0.29) is 23.6 Å². The third kappa shape index (κ3) is 5.55. The van der Waals surface area contributed by atoms with Crippen molar-refractivity contribution in [3.05, 3.63) is 65.4 Å². The number of thiazole rings is 1. The highest BCUT2D eigenvalue weighted by molar-refractivity contribution is 7.99. The van der Waals surface area contributed by atoms with E-state index in [0.29, 0.717) is 28.2 Å². The van der Waals surface area contributed by atoms with E-state index in [1.165, 1.54) is 23.1 Å². The molecular formula is C20H22N6O2S2. The van der Waals surface area contributed by atoms with Gasteiger partial charge in [0.05, 0.1) is 11.8 Å². The van der Waals surface area contributed by atoms with E-state index in [1.54, 1.807) is 29.8 Å². The van der Waals surface area contributed by atoms with Crippen LogP contribution in [0.3, 0.4) is 0 Å². The molecule has 10 heteroatoms. The number of thioether (sulfide) groups is 1. The van der Waals surface area contributed by atoms with Crippen LogP contribution in [0.5, 0.6) is 0 Å². The summed E-state index contributed by atoms with van der Waals surface area (Å²) in [6, 6.07) is 6.99. The highest BCUT2D eigenvalue weighted by Crippen LogP contribution is 2.22. The molecule has 0 radical (unpaired) electrons. The predicted molar refractivity (Wildman–Crippen MR) is 119 cm³/mol. The number of carbonyl (C=O) groups excluding carboxylic acids is 2. The summed E-state index contributed by atoms with van der Waals surface area (Å²) in [4.78, 5) is 28.7. The topological polar surface area (TPSA) is 102 Å². The summed E-state index contributed by atoms with van der Waals surface area (Å²) in [7, 11) is 0. The summed E-state index contributed by atoms with van der Waals surface area (Å²) in [5, 5.41) is 17.0. The summed E-state index contributed by atoms with van der Waals surface area (Å²) < 4.78 is 1.84. The van der Waals surface area contributed by atoms with Crippen molar-refractivity contribution < 1.29 is 9.59 Å². The quantitative estimate of drug-likeness (QED) is 0.389. The molecule has 2 aromatic heterocycles. The van der Waals surface area contributed by atoms with Gasteiger partial charge in [0.2, 0.25) is 5.91 Å². The molecule has 2 heterocycles. The molecule has 0 saturated heterocycles. The van der Waals surface area contributed by atoms with Gasteiger partial charge >= 0.3 is 0 Å². The van der Waals surface area contributed by atoms with E-state index < -0.39 is 0 Å². The number of amides is 2. The van der Waals surface area contributed by atoms with Gasteiger partial charge in [-0.15, -0.1) is 28.1 Å². The van der Waals surface area contributed by atoms with E-state index in [0.717, 1.165) is 5.56 Å². The van der Waals surface area contributed by atoms with Gasteiger partial charge < -0.3 is 15.2 Å². The highest BCUT2D eigenvalue weighted by atomic mass is 32.2. The van der Waals surface area contributed by atoms with Crippen molar-refractivity contribution in [1.82, 2.24) is 25.1 Å². The first-order valence-corrected chi connectivity index (χ1v) is 11.1. The second-order valence-electron chi connectivity index (χ2n) is 6.48. The van der Waals surface area contributed by atoms with Crippen LogP contribution in [-0.2, 0) is 11.3 Å². The van der Waals surface area contributed by atoms with Gasteiger partial charge in [0, 0.05) is 23.7 Å². The Kier molecular flexibility index (Phi) is 7.36. The van der Waals surface area contributed by atoms with Gasteiger partial charge in [0.15, 0.2) is 16.1 Å². The molecule has 30 heavy (non-hydrogen) atoms. The number of hydrogen-bond donors (Lipinski definition) is 2. The zero-order valence-electron chi connectivity index (χ0n) is 16.7. The fourth-order valence-electron chi connectivity index (χ4n) is 2.65. The van der Waals surface area contributed by atoms with Crippen LogP contribution >= 0.6 is 23.1 Å². The molecule has 8 nitrogen and oxygen atoms in total. The Hall–Kier alpha value is -2.98. The van der Waals surface area contributed by atoms with Crippen LogP contribution in [0.25, 0.3) is 0 Å². The third-order valence-corrected chi connectivity index (χ3v) is 5.77. The number of anilines is 1. The minimum absolute atomic E-state index is 0.166. The van der Waals surface area contributed by atoms with Gasteiger partial charge in [0.1, 0.15) is 0 Å². The molecule has 1 atom stereocenters. The van der Waals surface area contributed by atoms with Crippen molar-refractivity contribution in [3.8, 4) is 0 Å². The fourth-order valence-corrected chi connectivity index (χ4v) is 3.95. The smallest absolute Gasteiger partial charge is 0.251 e. The Morgan fingerprint density at radius 2 is 2.07 bits per heavy atom. The summed E-state index contributed by atoms with van der Waals surface area (Å²) >= 11 is 2.62. The molecule has 0 aliphatic heterocycles. The average Bonchev–Trinajstić information content (AvgIpc) is 3.37. The molecule has 0 spiro atoms. The van der Waals surface area contributed by atoms with Crippen LogP contribution in [0.4, 0.5) is 5.13 Å². The maximum atomic E-state index is 12.5. The number of rotatable bonds is 9. The number of nitrogens with zero attached hydrogens (tertiary/aromatic N) is 4. The molecule has 0 fully saturated rings. The van der Waals surface area contributed by atoms with Gasteiger partial charge in [-0.25, -0.2) is 4.98 Å². The van der Waals surface area contributed by atoms with Crippen molar-refractivity contribution in [2.75, 3.05) is 11.1 Å². The Morgan fingerprint density at radius 3 is 2.73 bits per heavy atom. The lowest BCUT2D eigenvalue weighted by molar-refractivity contribution is -0.113. The number of aromatic nitrogens is 4. The summed E-state index contributed by atoms with van der Waals surface area (Å²) in [5.41, 5.74) is 1.67. The van der Waals surface area contributed by atoms with Gasteiger partial charge in [0.25, 0.3) is 5.91 Å². The lowest BCUT2D eigenvalue weighted by Crippen LogP contribution is -2.28. The van der Waals surface area contributed by atoms with Crippen LogP contribution in [0.2, 0.25) is 0 Å². The minimum Gasteiger partial charge on any atom is -0.342 e. The first kappa shape index (κ1) is 21.7. The Bertz CT molecular complexity index is 1010. The van der Waals surface area contributed by atoms with E-state index >= 15 is 0 Å². The third-order valence-electron chi connectivity index (χ3n) is 4.12. The summed E-state index contributed by atoms with van der Waals surface area (Å²) in [6.07, 6.45) is 3.35. The van der Waals surface area contributed by atoms with Crippen LogP contribution in [-0.4, -0.2) is 37.3 Å². The molecular weight excluding hydrogens is 420 g/mol. The first-order chi connectivity index (χ1) is 14.5. The molecule has 3 aromatic rings. The van der Waals surface area contributed by atoms with E-state index in [9.17, 15) is 9.59 Å². The molecule has 1 aromatic carbocycles. The number of carbonyl (C=O) groups is 2. The number of allylic oxidation sites excluding steroid dienone is 1. The van der Waals surface area contributed by atoms with Crippen LogP contribution < -0.4 is 10.6 Å². The van der Waals surface area contributed by atoms with Gasteiger partial charge in [-0.2, -0.15) is 0 Å². The number of aryl methyl sites for hydroxylation is 1. The SMILES string of the molecule is C=CCn1c(SCC(=O)Nc2nccs2)nnc1[C@H](C)NC(=O)c1ccc(C)cc1. The molecule has 0 unspecified atom stereocenters. The zero-order valence-corrected chi connectivity index (χ0v) is 18.3. The van der Waals surface area contributed by atoms with Crippen molar-refractivity contribution >= 4 is 40.0 Å². The second kappa shape index (κ2) is 10.2. The number of benzene rings is 1. The Balaban J connectivity index is 1.66. The van der Waals surface area contributed by atoms with Gasteiger partial charge in [-0.1, -0.05) is 35.5 Å². The molecule has 0 bridgehead atoms. The van der Waals surface area contributed by atoms with Crippen molar-refractivity contribution in [3.63, 3.8) is 0 Å². The monoisotopic (exact) mass is 442 g/mol. The second-order valence-corrected chi connectivity index (χ2v) is 8.31. The van der Waals surface area contributed by atoms with Crippen LogP contribution in [0.1, 0.15) is 34.7 Å². The molecule has 0 saturated carbocycles. The summed E-state index contributed by atoms with van der Waals surface area (Å²) in [6.45, 7) is 8.06. The van der Waals surface area contributed by atoms with Crippen LogP contribution in [0.15, 0.2) is 53.7 Å². The Morgan fingerprint density at radius 1 is 1.30 bits per heavy atom. The Labute approximate surface area is 182 Å². The molecule has 156 valence electrons. The number of hydrogen-bond acceptors (Lipinski definition) is 7. The highest BCUT2D eigenvalue weighted by Gasteiger charge is 2.20. The van der Waals surface area contributed by atoms with E-state index in [4.69, 9.17) is 0 Å². The van der Waals surface area contributed by atoms with Crippen molar-refractivity contribution in [2.45, 2.75) is 31.6 Å². The lowest BCUT2D eigenvalue weighted by atomic mass is 10.1. The molecule has 2 amide bonds. The van der Waals surface area contributed by atoms with E-state index in [2.05, 4.69) is 32.4 Å². The van der Waals surface area contributed by atoms with Gasteiger partial charge in [-0.05, 0) is 26.0 Å². The fraction of sp³-hybridized carbons (Fsp3) is 0.250. The normalized spacial score (nSPS) is 11.7. The first-order valence-electron chi connectivity index (χ1n) is 9.21. The summed E-state index contributed by atoms with van der Waals surface area (Å²) in [5.74, 6) is 0.398. The maximum Gasteiger partial charge on any atom is 0.251 e. The molecule has 3 rings (SSSR count). The van der Waals surface area contributed by atoms with Gasteiger partial charge in [-0.3, -0.25) is 9.59 Å². The lowest BCUT2D eigenvalue weighted by Gasteiger charge is -2.15. The largest absolute Gasteiger partial charge is 0.342 e. The number of nitrogens with one attached hydrogen (secondary N) is 2. The zero-order chi connectivity index (χ0) is 21.5. The van der Waals surface area contributed by atoms with Crippen molar-refractivity contribution in [1.29, 1.82) is 0 Å². The molecule has 0 aliphatic rings. The van der Waals surface area contributed by atoms with Crippen molar-refractivity contribution in [2.24, 2.45) is 0 Å². The predicted octanol–water partition coefficient (Wildman–Crippen LogP) is 3.45. The standard InChI is InChI=1S/C20H22N6O2S2/c1-4-10-26-17(14(3)22-18(28)15-7-5-13(2)6-8-15)24-25-20(26)30-12-16(27)23-19-21-9-11-29-19/h4-9,11,14H,1,10,12H2,2-3H3,(H,22,28)(H,21,23,27)/t14-/m0/s1. The maximum absolute atomic E-state index is 12.5. The van der Waals surface area contributed by atoms with Crippen LogP contribution in [0, 0.1) is 6.92 Å². The van der Waals surface area contributed by atoms with E-state index in [1.807, 2.05) is 30.5 Å². The molecule has 2 N–H and O–H groups in total.